The van der Waals surface area contributed by atoms with Gasteiger partial charge in [0.25, 0.3) is 0 Å². The number of benzene rings is 2. The van der Waals surface area contributed by atoms with Crippen LogP contribution in [-0.2, 0) is 19.2 Å². The van der Waals surface area contributed by atoms with Crippen molar-refractivity contribution in [3.63, 3.8) is 0 Å². The van der Waals surface area contributed by atoms with Gasteiger partial charge < -0.3 is 8.71 Å². The van der Waals surface area contributed by atoms with Crippen LogP contribution in [0.3, 0.4) is 0 Å². The number of aryl methyl sites for hydroxylation is 2. The highest BCUT2D eigenvalue weighted by Gasteiger charge is 2.27. The molecular weight excluding hydrogens is 419 g/mol. The maximum Gasteiger partial charge on any atom is 0.440 e. The van der Waals surface area contributed by atoms with Gasteiger partial charge in [0, 0.05) is 11.8 Å². The van der Waals surface area contributed by atoms with E-state index < -0.39 is 16.9 Å². The summed E-state index contributed by atoms with van der Waals surface area (Å²) < 4.78 is 54.2. The van der Waals surface area contributed by atoms with Crippen molar-refractivity contribution >= 4 is 28.3 Å². The molecule has 2 aromatic carbocycles. The Morgan fingerprint density at radius 2 is 1.75 bits per heavy atom. The van der Waals surface area contributed by atoms with Crippen LogP contribution in [0.2, 0.25) is 0 Å². The van der Waals surface area contributed by atoms with Gasteiger partial charge in [0.15, 0.2) is 0 Å². The Balaban J connectivity index is 2.23. The van der Waals surface area contributed by atoms with Gasteiger partial charge in [0.05, 0.1) is 6.61 Å². The first kappa shape index (κ1) is 22.8. The van der Waals surface area contributed by atoms with E-state index in [4.69, 9.17) is 13.2 Å². The van der Waals surface area contributed by atoms with Crippen LogP contribution in [0.5, 0.6) is 11.5 Å². The zero-order valence-electron chi connectivity index (χ0n) is 16.4. The van der Waals surface area contributed by atoms with Crippen LogP contribution in [0, 0.1) is 13.8 Å². The molecule has 0 N–H and O–H groups in total. The third-order valence-electron chi connectivity index (χ3n) is 3.57. The Labute approximate surface area is 171 Å². The summed E-state index contributed by atoms with van der Waals surface area (Å²) >= 11 is 1.11. The highest BCUT2D eigenvalue weighted by Crippen LogP contribution is 2.60. The minimum absolute atomic E-state index is 0.0704. The fourth-order valence-electron chi connectivity index (χ4n) is 2.41. The van der Waals surface area contributed by atoms with Gasteiger partial charge in [-0.1, -0.05) is 30.7 Å². The second-order valence-corrected chi connectivity index (χ2v) is 11.7. The normalized spacial score (nSPS) is 13.7. The van der Waals surface area contributed by atoms with Crippen LogP contribution >= 0.6 is 18.2 Å². The number of hydrogen-bond donors (Lipinski definition) is 0. The van der Waals surface area contributed by atoms with Crippen molar-refractivity contribution in [1.29, 1.82) is 0 Å². The molecular formula is C19H25O6PS2. The summed E-state index contributed by atoms with van der Waals surface area (Å²) in [6.07, 6.45) is 0.822. The second-order valence-electron chi connectivity index (χ2n) is 6.07. The fraction of sp³-hybridized carbons (Fsp3) is 0.368. The van der Waals surface area contributed by atoms with E-state index in [0.717, 1.165) is 23.4 Å². The molecule has 1 atom stereocenters. The zero-order valence-corrected chi connectivity index (χ0v) is 18.9. The van der Waals surface area contributed by atoms with Crippen molar-refractivity contribution in [3.05, 3.63) is 53.6 Å². The van der Waals surface area contributed by atoms with E-state index in [1.807, 2.05) is 13.8 Å². The average Bonchev–Trinajstić information content (AvgIpc) is 2.59. The topological polar surface area (TPSA) is 78.9 Å². The molecule has 2 aromatic rings. The third-order valence-corrected chi connectivity index (χ3v) is 8.93. The van der Waals surface area contributed by atoms with Crippen LogP contribution in [0.15, 0.2) is 47.4 Å². The summed E-state index contributed by atoms with van der Waals surface area (Å²) in [5.41, 5.74) is 1.56. The Hall–Kier alpha value is -1.47. The molecule has 0 saturated carbocycles. The first-order valence-corrected chi connectivity index (χ1v) is 13.4. The molecule has 1 unspecified atom stereocenters. The summed E-state index contributed by atoms with van der Waals surface area (Å²) in [7, 11) is -4.01. The van der Waals surface area contributed by atoms with Crippen molar-refractivity contribution in [2.24, 2.45) is 0 Å². The molecule has 9 heteroatoms. The Kier molecular flexibility index (Phi) is 8.01. The molecule has 0 aliphatic carbocycles. The first-order valence-electron chi connectivity index (χ1n) is 8.89. The van der Waals surface area contributed by atoms with E-state index in [2.05, 4.69) is 0 Å². The minimum atomic E-state index is -4.01. The zero-order chi connectivity index (χ0) is 20.8. The molecule has 0 heterocycles. The Bertz CT molecular complexity index is 959. The first-order chi connectivity index (χ1) is 13.2. The molecule has 0 aromatic heterocycles. The molecule has 0 bridgehead atoms. The molecule has 0 radical (unpaired) electrons. The molecule has 6 nitrogen and oxygen atoms in total. The molecule has 2 rings (SSSR count). The van der Waals surface area contributed by atoms with Gasteiger partial charge in [-0.3, -0.25) is 4.52 Å². The fourth-order valence-corrected chi connectivity index (χ4v) is 7.00. The Morgan fingerprint density at radius 1 is 1.04 bits per heavy atom. The van der Waals surface area contributed by atoms with Crippen LogP contribution in [0.25, 0.3) is 0 Å². The molecule has 0 aliphatic rings. The number of rotatable bonds is 10. The van der Waals surface area contributed by atoms with Gasteiger partial charge in [-0.15, -0.1) is 0 Å². The summed E-state index contributed by atoms with van der Waals surface area (Å²) in [6, 6.07) is 11.0. The number of hydrogen-bond acceptors (Lipinski definition) is 7. The quantitative estimate of drug-likeness (QED) is 0.342. The summed E-state index contributed by atoms with van der Waals surface area (Å²) in [5.74, 6) is 0.906. The highest BCUT2D eigenvalue weighted by molar-refractivity contribution is 8.55. The lowest BCUT2D eigenvalue weighted by Crippen LogP contribution is -2.11. The van der Waals surface area contributed by atoms with Gasteiger partial charge >= 0.3 is 16.9 Å². The van der Waals surface area contributed by atoms with Crippen LogP contribution in [0.4, 0.5) is 0 Å². The monoisotopic (exact) mass is 444 g/mol. The minimum Gasteiger partial charge on any atom is -0.417 e. The smallest absolute Gasteiger partial charge is 0.417 e. The van der Waals surface area contributed by atoms with E-state index in [1.54, 1.807) is 38.1 Å². The lowest BCUT2D eigenvalue weighted by Gasteiger charge is -2.18. The van der Waals surface area contributed by atoms with Crippen molar-refractivity contribution < 1.29 is 26.2 Å². The van der Waals surface area contributed by atoms with Gasteiger partial charge in [0.1, 0.15) is 16.4 Å². The lowest BCUT2D eigenvalue weighted by atomic mass is 10.2. The summed E-state index contributed by atoms with van der Waals surface area (Å²) in [5, 5.41) is 0. The van der Waals surface area contributed by atoms with E-state index in [1.165, 1.54) is 18.2 Å². The molecule has 0 saturated heterocycles. The van der Waals surface area contributed by atoms with Gasteiger partial charge in [-0.2, -0.15) is 8.42 Å². The predicted molar refractivity (Wildman–Crippen MR) is 113 cm³/mol. The van der Waals surface area contributed by atoms with E-state index in [-0.39, 0.29) is 23.0 Å². The maximum absolute atomic E-state index is 12.8. The summed E-state index contributed by atoms with van der Waals surface area (Å²) in [4.78, 5) is 0.0999. The van der Waals surface area contributed by atoms with E-state index in [0.29, 0.717) is 11.3 Å². The molecule has 0 aliphatic heterocycles. The molecule has 28 heavy (non-hydrogen) atoms. The standard InChI is InChI=1S/C19H25O6PS2/c1-5-12-27-26(20,23-6-2)24-17-8-7-9-18(14-17)25-28(21,22)19-11-10-15(3)13-16(19)4/h7-11,13-14H,5-6,12H2,1-4H3. The molecule has 0 fully saturated rings. The van der Waals surface area contributed by atoms with Crippen molar-refractivity contribution in [1.82, 2.24) is 0 Å². The van der Waals surface area contributed by atoms with Gasteiger partial charge in [0.2, 0.25) is 0 Å². The molecule has 0 spiro atoms. The lowest BCUT2D eigenvalue weighted by molar-refractivity contribution is 0.296. The largest absolute Gasteiger partial charge is 0.440 e. The van der Waals surface area contributed by atoms with Crippen LogP contribution in [-0.4, -0.2) is 20.8 Å². The third kappa shape index (κ3) is 6.27. The van der Waals surface area contributed by atoms with E-state index >= 15 is 0 Å². The Morgan fingerprint density at radius 3 is 2.39 bits per heavy atom. The van der Waals surface area contributed by atoms with Crippen molar-refractivity contribution in [3.8, 4) is 11.5 Å². The average molecular weight is 445 g/mol. The van der Waals surface area contributed by atoms with Crippen LogP contribution in [0.1, 0.15) is 31.4 Å². The van der Waals surface area contributed by atoms with Crippen molar-refractivity contribution in [2.45, 2.75) is 39.0 Å². The predicted octanol–water partition coefficient (Wildman–Crippen LogP) is 5.74. The van der Waals surface area contributed by atoms with Gasteiger partial charge in [-0.25, -0.2) is 4.57 Å². The second kappa shape index (κ2) is 9.83. The maximum atomic E-state index is 12.8. The van der Waals surface area contributed by atoms with Crippen molar-refractivity contribution in [2.75, 3.05) is 12.4 Å². The SMILES string of the molecule is CCCSP(=O)(OCC)Oc1cccc(OS(=O)(=O)c2ccc(C)cc2C)c1. The highest BCUT2D eigenvalue weighted by atomic mass is 32.7. The van der Waals surface area contributed by atoms with Gasteiger partial charge in [-0.05, 0) is 62.3 Å². The van der Waals surface area contributed by atoms with E-state index in [9.17, 15) is 13.0 Å². The van der Waals surface area contributed by atoms with Crippen LogP contribution < -0.4 is 8.71 Å². The molecule has 154 valence electrons. The summed E-state index contributed by atoms with van der Waals surface area (Å²) in [6.45, 7) is 4.16. The molecule has 0 amide bonds.